The van der Waals surface area contributed by atoms with Gasteiger partial charge >= 0.3 is 0 Å². The van der Waals surface area contributed by atoms with E-state index >= 15 is 0 Å². The van der Waals surface area contributed by atoms with Gasteiger partial charge in [0.15, 0.2) is 5.16 Å². The number of aromatic nitrogens is 2. The summed E-state index contributed by atoms with van der Waals surface area (Å²) >= 11 is 3.10. The van der Waals surface area contributed by atoms with Gasteiger partial charge in [-0.1, -0.05) is 6.07 Å². The Kier molecular flexibility index (Phi) is 2.98. The zero-order valence-corrected chi connectivity index (χ0v) is 9.31. The van der Waals surface area contributed by atoms with E-state index < -0.39 is 0 Å². The standard InChI is InChI=1S/C9H8N4S2/c10-8(11)6-3-4-12-9(13-6)15-7-2-1-5-14-7/h1-5H,(H3,10,11). The smallest absolute Gasteiger partial charge is 0.193 e. The fourth-order valence-corrected chi connectivity index (χ4v) is 2.57. The van der Waals surface area contributed by atoms with Crippen LogP contribution in [0.15, 0.2) is 39.1 Å². The molecule has 0 aliphatic heterocycles. The molecule has 0 unspecified atom stereocenters. The number of hydrogen-bond donors (Lipinski definition) is 2. The number of rotatable bonds is 3. The first-order valence-electron chi connectivity index (χ1n) is 4.14. The second-order valence-corrected chi connectivity index (χ2v) is 4.89. The molecule has 76 valence electrons. The Balaban J connectivity index is 2.22. The third-order valence-electron chi connectivity index (χ3n) is 1.60. The number of nitrogens with one attached hydrogen (secondary N) is 1. The van der Waals surface area contributed by atoms with Crippen LogP contribution in [0.1, 0.15) is 5.69 Å². The molecule has 0 radical (unpaired) electrons. The van der Waals surface area contributed by atoms with Gasteiger partial charge in [0.05, 0.1) is 4.21 Å². The van der Waals surface area contributed by atoms with Gasteiger partial charge in [-0.05, 0) is 29.3 Å². The molecule has 0 aromatic carbocycles. The molecule has 2 rings (SSSR count). The van der Waals surface area contributed by atoms with Crippen molar-refractivity contribution in [2.24, 2.45) is 5.73 Å². The minimum Gasteiger partial charge on any atom is -0.382 e. The van der Waals surface area contributed by atoms with Crippen LogP contribution < -0.4 is 5.73 Å². The predicted molar refractivity (Wildman–Crippen MR) is 61.5 cm³/mol. The molecular weight excluding hydrogens is 228 g/mol. The molecule has 0 saturated carbocycles. The molecule has 0 atom stereocenters. The lowest BCUT2D eigenvalue weighted by molar-refractivity contribution is 0.955. The van der Waals surface area contributed by atoms with Gasteiger partial charge in [0.1, 0.15) is 11.5 Å². The van der Waals surface area contributed by atoms with Crippen molar-refractivity contribution >= 4 is 28.9 Å². The highest BCUT2D eigenvalue weighted by molar-refractivity contribution is 8.01. The van der Waals surface area contributed by atoms with E-state index in [-0.39, 0.29) is 5.84 Å². The summed E-state index contributed by atoms with van der Waals surface area (Å²) in [6.07, 6.45) is 1.61. The van der Waals surface area contributed by atoms with Crippen molar-refractivity contribution < 1.29 is 0 Å². The summed E-state index contributed by atoms with van der Waals surface area (Å²) in [5.74, 6) is -0.0366. The summed E-state index contributed by atoms with van der Waals surface area (Å²) in [6.45, 7) is 0. The molecule has 2 heterocycles. The molecule has 0 saturated heterocycles. The van der Waals surface area contributed by atoms with Crippen molar-refractivity contribution in [2.45, 2.75) is 9.37 Å². The molecule has 0 bridgehead atoms. The summed E-state index contributed by atoms with van der Waals surface area (Å²) in [7, 11) is 0. The lowest BCUT2D eigenvalue weighted by Gasteiger charge is -1.99. The Morgan fingerprint density at radius 1 is 1.47 bits per heavy atom. The van der Waals surface area contributed by atoms with Gasteiger partial charge < -0.3 is 5.73 Å². The summed E-state index contributed by atoms with van der Waals surface area (Å²) < 4.78 is 1.12. The molecule has 15 heavy (non-hydrogen) atoms. The highest BCUT2D eigenvalue weighted by Gasteiger charge is 2.04. The predicted octanol–water partition coefficient (Wildman–Crippen LogP) is 1.97. The molecular formula is C9H8N4S2. The van der Waals surface area contributed by atoms with Crippen LogP contribution >= 0.6 is 23.1 Å². The van der Waals surface area contributed by atoms with Crippen molar-refractivity contribution in [1.82, 2.24) is 9.97 Å². The van der Waals surface area contributed by atoms with E-state index in [9.17, 15) is 0 Å². The molecule has 0 amide bonds. The fourth-order valence-electron chi connectivity index (χ4n) is 0.952. The monoisotopic (exact) mass is 236 g/mol. The van der Waals surface area contributed by atoms with Crippen molar-refractivity contribution in [3.05, 3.63) is 35.5 Å². The minimum absolute atomic E-state index is 0.0366. The molecule has 0 fully saturated rings. The van der Waals surface area contributed by atoms with Crippen LogP contribution in [0.3, 0.4) is 0 Å². The average Bonchev–Trinajstić information content (AvgIpc) is 2.71. The van der Waals surface area contributed by atoms with Crippen molar-refractivity contribution in [3.63, 3.8) is 0 Å². The number of nitrogens with two attached hydrogens (primary N) is 1. The van der Waals surface area contributed by atoms with Crippen molar-refractivity contribution in [1.29, 1.82) is 5.41 Å². The van der Waals surface area contributed by atoms with E-state index in [1.54, 1.807) is 23.6 Å². The van der Waals surface area contributed by atoms with E-state index in [4.69, 9.17) is 11.1 Å². The maximum Gasteiger partial charge on any atom is 0.193 e. The maximum absolute atomic E-state index is 7.26. The molecule has 6 heteroatoms. The van der Waals surface area contributed by atoms with E-state index in [2.05, 4.69) is 9.97 Å². The van der Waals surface area contributed by atoms with E-state index in [0.29, 0.717) is 10.9 Å². The zero-order chi connectivity index (χ0) is 10.7. The maximum atomic E-state index is 7.26. The van der Waals surface area contributed by atoms with Crippen LogP contribution in [0, 0.1) is 5.41 Å². The van der Waals surface area contributed by atoms with Crippen LogP contribution in [0.5, 0.6) is 0 Å². The first-order valence-corrected chi connectivity index (χ1v) is 5.84. The van der Waals surface area contributed by atoms with Crippen LogP contribution in [-0.4, -0.2) is 15.8 Å². The zero-order valence-electron chi connectivity index (χ0n) is 7.68. The van der Waals surface area contributed by atoms with Crippen LogP contribution in [0.25, 0.3) is 0 Å². The first kappa shape index (κ1) is 10.1. The van der Waals surface area contributed by atoms with Gasteiger partial charge in [-0.2, -0.15) is 0 Å². The van der Waals surface area contributed by atoms with Crippen LogP contribution in [-0.2, 0) is 0 Å². The highest BCUT2D eigenvalue weighted by atomic mass is 32.2. The van der Waals surface area contributed by atoms with Gasteiger partial charge in [-0.25, -0.2) is 9.97 Å². The largest absolute Gasteiger partial charge is 0.382 e. The van der Waals surface area contributed by atoms with Gasteiger partial charge in [-0.3, -0.25) is 5.41 Å². The number of amidine groups is 1. The second kappa shape index (κ2) is 4.41. The van der Waals surface area contributed by atoms with Crippen LogP contribution in [0.4, 0.5) is 0 Å². The Morgan fingerprint density at radius 2 is 2.33 bits per heavy atom. The summed E-state index contributed by atoms with van der Waals surface area (Å²) in [6, 6.07) is 5.60. The SMILES string of the molecule is N=C(N)c1ccnc(Sc2cccs2)n1. The summed E-state index contributed by atoms with van der Waals surface area (Å²) in [4.78, 5) is 8.26. The normalized spacial score (nSPS) is 10.1. The van der Waals surface area contributed by atoms with Gasteiger partial charge in [0.25, 0.3) is 0 Å². The molecule has 2 aromatic heterocycles. The third-order valence-corrected chi connectivity index (χ3v) is 3.51. The van der Waals surface area contributed by atoms with E-state index in [0.717, 1.165) is 4.21 Å². The number of nitrogens with zero attached hydrogens (tertiary/aromatic N) is 2. The van der Waals surface area contributed by atoms with Crippen LogP contribution in [0.2, 0.25) is 0 Å². The Hall–Kier alpha value is -1.40. The van der Waals surface area contributed by atoms with Crippen molar-refractivity contribution in [3.8, 4) is 0 Å². The minimum atomic E-state index is -0.0366. The molecule has 2 aromatic rings. The first-order chi connectivity index (χ1) is 7.25. The van der Waals surface area contributed by atoms with Gasteiger partial charge in [0, 0.05) is 6.20 Å². The van der Waals surface area contributed by atoms with Gasteiger partial charge in [-0.15, -0.1) is 11.3 Å². The molecule has 4 nitrogen and oxygen atoms in total. The Labute approximate surface area is 95.1 Å². The van der Waals surface area contributed by atoms with E-state index in [1.165, 1.54) is 11.8 Å². The summed E-state index contributed by atoms with van der Waals surface area (Å²) in [5, 5.41) is 9.88. The molecule has 0 aliphatic carbocycles. The lowest BCUT2D eigenvalue weighted by atomic mass is 10.4. The Morgan fingerprint density at radius 3 is 3.00 bits per heavy atom. The average molecular weight is 236 g/mol. The molecule has 0 spiro atoms. The van der Waals surface area contributed by atoms with Crippen molar-refractivity contribution in [2.75, 3.05) is 0 Å². The number of hydrogen-bond acceptors (Lipinski definition) is 5. The summed E-state index contributed by atoms with van der Waals surface area (Å²) in [5.41, 5.74) is 5.80. The van der Waals surface area contributed by atoms with E-state index in [1.807, 2.05) is 17.5 Å². The molecule has 0 aliphatic rings. The number of nitrogen functional groups attached to an aromatic ring is 1. The number of thiophene rings is 1. The second-order valence-electron chi connectivity index (χ2n) is 2.67. The topological polar surface area (TPSA) is 75.7 Å². The lowest BCUT2D eigenvalue weighted by Crippen LogP contribution is -2.13. The third kappa shape index (κ3) is 2.54. The quantitative estimate of drug-likeness (QED) is 0.485. The Bertz CT molecular complexity index is 467. The highest BCUT2D eigenvalue weighted by Crippen LogP contribution is 2.28. The fraction of sp³-hybridized carbons (Fsp3) is 0. The molecule has 3 N–H and O–H groups in total. The van der Waals surface area contributed by atoms with Gasteiger partial charge in [0.2, 0.25) is 0 Å².